The summed E-state index contributed by atoms with van der Waals surface area (Å²) in [4.78, 5) is 0.905. The summed E-state index contributed by atoms with van der Waals surface area (Å²) >= 11 is 8.32. The highest BCUT2D eigenvalue weighted by molar-refractivity contribution is 9.10. The van der Waals surface area contributed by atoms with Gasteiger partial charge in [0.2, 0.25) is 0 Å². The highest BCUT2D eigenvalue weighted by Gasteiger charge is 2.20. The first-order valence-corrected chi connectivity index (χ1v) is 7.23. The van der Waals surface area contributed by atoms with Gasteiger partial charge in [0.1, 0.15) is 6.10 Å². The molecule has 0 bridgehead atoms. The Bertz CT molecular complexity index is 495. The number of thiophene rings is 1. The Labute approximate surface area is 114 Å². The fourth-order valence-electron chi connectivity index (χ4n) is 1.50. The van der Waals surface area contributed by atoms with Crippen molar-refractivity contribution in [2.24, 2.45) is 0 Å². The van der Waals surface area contributed by atoms with Gasteiger partial charge in [-0.2, -0.15) is 5.10 Å². The quantitative estimate of drug-likeness (QED) is 0.902. The van der Waals surface area contributed by atoms with E-state index in [0.29, 0.717) is 0 Å². The van der Waals surface area contributed by atoms with Gasteiger partial charge in [0.15, 0.2) is 0 Å². The van der Waals surface area contributed by atoms with Gasteiger partial charge < -0.3 is 5.11 Å². The summed E-state index contributed by atoms with van der Waals surface area (Å²) in [5, 5.41) is 16.4. The Morgan fingerprint density at radius 3 is 2.88 bits per heavy atom. The largest absolute Gasteiger partial charge is 0.381 e. The molecule has 0 amide bonds. The van der Waals surface area contributed by atoms with Gasteiger partial charge in [-0.3, -0.25) is 4.68 Å². The van der Waals surface area contributed by atoms with E-state index in [1.54, 1.807) is 10.9 Å². The number of halogens is 2. The second-order valence-corrected chi connectivity index (χ2v) is 5.98. The van der Waals surface area contributed by atoms with Crippen LogP contribution in [0.4, 0.5) is 0 Å². The van der Waals surface area contributed by atoms with Crippen molar-refractivity contribution in [1.82, 2.24) is 9.78 Å². The molecule has 2 aromatic rings. The lowest BCUT2D eigenvalue weighted by atomic mass is 10.2. The molecule has 2 rings (SSSR count). The van der Waals surface area contributed by atoms with Gasteiger partial charge in [0.05, 0.1) is 16.4 Å². The molecule has 6 heteroatoms. The van der Waals surface area contributed by atoms with Crippen molar-refractivity contribution in [3.8, 4) is 0 Å². The van der Waals surface area contributed by atoms with Gasteiger partial charge in [-0.1, -0.05) is 0 Å². The van der Waals surface area contributed by atoms with Crippen molar-refractivity contribution in [2.75, 3.05) is 0 Å². The molecule has 0 aliphatic rings. The standard InChI is InChI=1S/C10H10Br2N2OS/c1-2-14-9(7(12)4-13-14)10(15)8-3-6(11)5-16-8/h3-5,10,15H,2H2,1H3. The smallest absolute Gasteiger partial charge is 0.131 e. The van der Waals surface area contributed by atoms with Crippen LogP contribution in [0.5, 0.6) is 0 Å². The third kappa shape index (κ3) is 2.25. The molecule has 0 aliphatic carbocycles. The van der Waals surface area contributed by atoms with Crippen LogP contribution >= 0.6 is 43.2 Å². The zero-order valence-corrected chi connectivity index (χ0v) is 12.5. The lowest BCUT2D eigenvalue weighted by molar-refractivity contribution is 0.211. The van der Waals surface area contributed by atoms with E-state index in [1.807, 2.05) is 18.4 Å². The molecule has 0 radical (unpaired) electrons. The number of aliphatic hydroxyl groups excluding tert-OH is 1. The SMILES string of the molecule is CCn1ncc(Br)c1C(O)c1cc(Br)cs1. The highest BCUT2D eigenvalue weighted by atomic mass is 79.9. The molecular formula is C10H10Br2N2OS. The zero-order chi connectivity index (χ0) is 11.7. The molecule has 0 saturated heterocycles. The Morgan fingerprint density at radius 2 is 2.31 bits per heavy atom. The lowest BCUT2D eigenvalue weighted by Crippen LogP contribution is -2.08. The van der Waals surface area contributed by atoms with E-state index in [4.69, 9.17) is 0 Å². The summed E-state index contributed by atoms with van der Waals surface area (Å²) in [6.45, 7) is 2.74. The molecule has 0 saturated carbocycles. The normalized spacial score (nSPS) is 13.0. The number of aliphatic hydroxyl groups is 1. The maximum Gasteiger partial charge on any atom is 0.131 e. The lowest BCUT2D eigenvalue weighted by Gasteiger charge is -2.11. The van der Waals surface area contributed by atoms with Crippen LogP contribution in [-0.4, -0.2) is 14.9 Å². The van der Waals surface area contributed by atoms with Crippen LogP contribution in [-0.2, 0) is 6.54 Å². The van der Waals surface area contributed by atoms with Gasteiger partial charge in [-0.15, -0.1) is 11.3 Å². The predicted molar refractivity (Wildman–Crippen MR) is 71.7 cm³/mol. The number of aromatic nitrogens is 2. The number of aryl methyl sites for hydroxylation is 1. The third-order valence-electron chi connectivity index (χ3n) is 2.25. The van der Waals surface area contributed by atoms with Crippen LogP contribution in [0, 0.1) is 0 Å². The van der Waals surface area contributed by atoms with Crippen LogP contribution in [0.15, 0.2) is 26.6 Å². The maximum atomic E-state index is 10.3. The molecule has 1 atom stereocenters. The van der Waals surface area contributed by atoms with E-state index >= 15 is 0 Å². The molecule has 0 spiro atoms. The van der Waals surface area contributed by atoms with Gasteiger partial charge in [0, 0.05) is 21.3 Å². The molecule has 86 valence electrons. The minimum absolute atomic E-state index is 0.631. The molecule has 16 heavy (non-hydrogen) atoms. The summed E-state index contributed by atoms with van der Waals surface area (Å²) in [7, 11) is 0. The Balaban J connectivity index is 2.40. The van der Waals surface area contributed by atoms with E-state index in [-0.39, 0.29) is 0 Å². The molecule has 0 aliphatic heterocycles. The second kappa shape index (κ2) is 5.00. The number of hydrogen-bond acceptors (Lipinski definition) is 3. The van der Waals surface area contributed by atoms with Gasteiger partial charge in [-0.25, -0.2) is 0 Å². The fourth-order valence-corrected chi connectivity index (χ4v) is 3.45. The Kier molecular flexibility index (Phi) is 3.84. The van der Waals surface area contributed by atoms with Crippen molar-refractivity contribution in [2.45, 2.75) is 19.6 Å². The number of hydrogen-bond donors (Lipinski definition) is 1. The molecule has 3 nitrogen and oxygen atoms in total. The average Bonchev–Trinajstić information content (AvgIpc) is 2.83. The van der Waals surface area contributed by atoms with E-state index in [2.05, 4.69) is 37.0 Å². The zero-order valence-electron chi connectivity index (χ0n) is 8.52. The van der Waals surface area contributed by atoms with Crippen LogP contribution in [0.1, 0.15) is 23.6 Å². The number of rotatable bonds is 3. The summed E-state index contributed by atoms with van der Waals surface area (Å²) < 4.78 is 3.62. The first-order chi connectivity index (χ1) is 7.63. The molecule has 0 fully saturated rings. The minimum Gasteiger partial charge on any atom is -0.381 e. The second-order valence-electron chi connectivity index (χ2n) is 3.26. The molecule has 2 aromatic heterocycles. The van der Waals surface area contributed by atoms with E-state index in [1.165, 1.54) is 11.3 Å². The summed E-state index contributed by atoms with van der Waals surface area (Å²) in [6, 6.07) is 1.93. The first kappa shape index (κ1) is 12.3. The third-order valence-corrected chi connectivity index (χ3v) is 4.61. The van der Waals surface area contributed by atoms with Gasteiger partial charge in [0.25, 0.3) is 0 Å². The monoisotopic (exact) mass is 364 g/mol. The maximum absolute atomic E-state index is 10.3. The van der Waals surface area contributed by atoms with Crippen molar-refractivity contribution in [3.63, 3.8) is 0 Å². The van der Waals surface area contributed by atoms with E-state index in [9.17, 15) is 5.11 Å². The summed E-state index contributed by atoms with van der Waals surface area (Å²) in [5.74, 6) is 0. The van der Waals surface area contributed by atoms with Crippen molar-refractivity contribution in [3.05, 3.63) is 37.2 Å². The molecule has 0 aromatic carbocycles. The van der Waals surface area contributed by atoms with Crippen LogP contribution < -0.4 is 0 Å². The van der Waals surface area contributed by atoms with Gasteiger partial charge in [-0.05, 0) is 44.8 Å². The summed E-state index contributed by atoms with van der Waals surface area (Å²) in [6.07, 6.45) is 1.08. The Hall–Kier alpha value is -0.170. The van der Waals surface area contributed by atoms with Crippen molar-refractivity contribution < 1.29 is 5.11 Å². The highest BCUT2D eigenvalue weighted by Crippen LogP contribution is 2.33. The number of nitrogens with zero attached hydrogens (tertiary/aromatic N) is 2. The van der Waals surface area contributed by atoms with E-state index in [0.717, 1.165) is 26.1 Å². The summed E-state index contributed by atoms with van der Waals surface area (Å²) in [5.41, 5.74) is 0.803. The molecular weight excluding hydrogens is 356 g/mol. The minimum atomic E-state index is -0.631. The Morgan fingerprint density at radius 1 is 1.56 bits per heavy atom. The average molecular weight is 366 g/mol. The predicted octanol–water partition coefficient (Wildman–Crippen LogP) is 3.57. The van der Waals surface area contributed by atoms with Crippen LogP contribution in [0.2, 0.25) is 0 Å². The fraction of sp³-hybridized carbons (Fsp3) is 0.300. The first-order valence-electron chi connectivity index (χ1n) is 4.76. The topological polar surface area (TPSA) is 38.0 Å². The molecule has 1 N–H and O–H groups in total. The molecule has 2 heterocycles. The van der Waals surface area contributed by atoms with E-state index < -0.39 is 6.10 Å². The van der Waals surface area contributed by atoms with Crippen molar-refractivity contribution in [1.29, 1.82) is 0 Å². The van der Waals surface area contributed by atoms with Crippen LogP contribution in [0.3, 0.4) is 0 Å². The van der Waals surface area contributed by atoms with Crippen molar-refractivity contribution >= 4 is 43.2 Å². The van der Waals surface area contributed by atoms with Crippen LogP contribution in [0.25, 0.3) is 0 Å². The van der Waals surface area contributed by atoms with Gasteiger partial charge >= 0.3 is 0 Å². The molecule has 1 unspecified atom stereocenters.